The summed E-state index contributed by atoms with van der Waals surface area (Å²) in [6, 6.07) is 9.66. The fourth-order valence-electron chi connectivity index (χ4n) is 1.98. The van der Waals surface area contributed by atoms with Gasteiger partial charge in [-0.15, -0.1) is 0 Å². The fourth-order valence-corrected chi connectivity index (χ4v) is 2.25. The molecular formula is C15H18BrN3O. The van der Waals surface area contributed by atoms with Gasteiger partial charge in [0.1, 0.15) is 5.69 Å². The van der Waals surface area contributed by atoms with Gasteiger partial charge in [0.15, 0.2) is 0 Å². The minimum atomic E-state index is -0.154. The number of halogens is 1. The third-order valence-electron chi connectivity index (χ3n) is 3.10. The molecule has 0 bridgehead atoms. The molecule has 1 atom stereocenters. The molecule has 0 spiro atoms. The second-order valence-corrected chi connectivity index (χ2v) is 5.69. The second kappa shape index (κ2) is 6.70. The number of benzene rings is 1. The first kappa shape index (κ1) is 14.8. The minimum Gasteiger partial charge on any atom is -0.344 e. The third-order valence-corrected chi connectivity index (χ3v) is 3.63. The van der Waals surface area contributed by atoms with Crippen molar-refractivity contribution in [2.45, 2.75) is 32.7 Å². The van der Waals surface area contributed by atoms with Crippen LogP contribution in [0.3, 0.4) is 0 Å². The highest BCUT2D eigenvalue weighted by atomic mass is 79.9. The number of carbonyl (C=O) groups is 1. The normalized spacial score (nSPS) is 12.2. The van der Waals surface area contributed by atoms with Gasteiger partial charge in [-0.25, -0.2) is 0 Å². The summed E-state index contributed by atoms with van der Waals surface area (Å²) in [4.78, 5) is 12.1. The number of aromatic amines is 1. The van der Waals surface area contributed by atoms with Crippen molar-refractivity contribution in [2.75, 3.05) is 0 Å². The maximum Gasteiger partial charge on any atom is 0.272 e. The minimum absolute atomic E-state index is 0.0538. The van der Waals surface area contributed by atoms with Crippen LogP contribution in [0, 0.1) is 0 Å². The maximum absolute atomic E-state index is 12.1. The monoisotopic (exact) mass is 335 g/mol. The van der Waals surface area contributed by atoms with Crippen molar-refractivity contribution in [1.82, 2.24) is 15.5 Å². The molecule has 1 amide bonds. The number of rotatable bonds is 5. The smallest absolute Gasteiger partial charge is 0.272 e. The third kappa shape index (κ3) is 3.70. The molecule has 0 aliphatic rings. The molecule has 106 valence electrons. The summed E-state index contributed by atoms with van der Waals surface area (Å²) in [5.41, 5.74) is 2.50. The molecule has 0 saturated heterocycles. The predicted molar refractivity (Wildman–Crippen MR) is 82.6 cm³/mol. The van der Waals surface area contributed by atoms with Gasteiger partial charge in [-0.05, 0) is 37.1 Å². The largest absolute Gasteiger partial charge is 0.344 e. The molecule has 20 heavy (non-hydrogen) atoms. The molecular weight excluding hydrogens is 318 g/mol. The predicted octanol–water partition coefficient (Wildman–Crippen LogP) is 3.62. The average molecular weight is 336 g/mol. The number of hydrogen-bond acceptors (Lipinski definition) is 2. The van der Waals surface area contributed by atoms with E-state index >= 15 is 0 Å². The van der Waals surface area contributed by atoms with E-state index < -0.39 is 0 Å². The molecule has 4 nitrogen and oxygen atoms in total. The van der Waals surface area contributed by atoms with Crippen LogP contribution in [-0.4, -0.2) is 16.1 Å². The number of nitrogens with one attached hydrogen (secondary N) is 2. The highest BCUT2D eigenvalue weighted by Gasteiger charge is 2.14. The lowest BCUT2D eigenvalue weighted by atomic mass is 10.1. The Kier molecular flexibility index (Phi) is 4.95. The zero-order valence-corrected chi connectivity index (χ0v) is 13.2. The van der Waals surface area contributed by atoms with Crippen LogP contribution < -0.4 is 5.32 Å². The second-order valence-electron chi connectivity index (χ2n) is 4.78. The van der Waals surface area contributed by atoms with Crippen LogP contribution in [0.5, 0.6) is 0 Å². The topological polar surface area (TPSA) is 57.8 Å². The molecule has 2 rings (SSSR count). The van der Waals surface area contributed by atoms with Gasteiger partial charge in [0.2, 0.25) is 0 Å². The quantitative estimate of drug-likeness (QED) is 0.876. The molecule has 2 aromatic rings. The van der Waals surface area contributed by atoms with Gasteiger partial charge >= 0.3 is 0 Å². The highest BCUT2D eigenvalue weighted by molar-refractivity contribution is 9.10. The van der Waals surface area contributed by atoms with E-state index in [1.807, 2.05) is 37.3 Å². The first-order valence-corrected chi connectivity index (χ1v) is 7.50. The standard InChI is InChI=1S/C15H18BrN3O/c1-3-4-13-9-14(19-18-13)15(20)17-10(2)11-5-7-12(16)8-6-11/h5-10H,3-4H2,1-2H3,(H,17,20)(H,18,19). The number of aryl methyl sites for hydroxylation is 1. The van der Waals surface area contributed by atoms with Crippen LogP contribution in [-0.2, 0) is 6.42 Å². The first-order valence-electron chi connectivity index (χ1n) is 6.70. The van der Waals surface area contributed by atoms with Gasteiger partial charge in [-0.1, -0.05) is 41.4 Å². The molecule has 0 aliphatic heterocycles. The number of H-pyrrole nitrogens is 1. The Balaban J connectivity index is 2.01. The van der Waals surface area contributed by atoms with Crippen molar-refractivity contribution in [1.29, 1.82) is 0 Å². The highest BCUT2D eigenvalue weighted by Crippen LogP contribution is 2.17. The van der Waals surface area contributed by atoms with Gasteiger partial charge < -0.3 is 5.32 Å². The van der Waals surface area contributed by atoms with E-state index in [0.717, 1.165) is 28.6 Å². The Labute approximate surface area is 127 Å². The Morgan fingerprint density at radius 3 is 2.75 bits per heavy atom. The summed E-state index contributed by atoms with van der Waals surface area (Å²) in [7, 11) is 0. The van der Waals surface area contributed by atoms with Crippen molar-refractivity contribution < 1.29 is 4.79 Å². The number of hydrogen-bond donors (Lipinski definition) is 2. The lowest BCUT2D eigenvalue weighted by Gasteiger charge is -2.13. The van der Waals surface area contributed by atoms with Crippen LogP contribution in [0.15, 0.2) is 34.8 Å². The van der Waals surface area contributed by atoms with Gasteiger partial charge in [0.05, 0.1) is 6.04 Å². The van der Waals surface area contributed by atoms with Crippen LogP contribution in [0.4, 0.5) is 0 Å². The number of aromatic nitrogens is 2. The molecule has 1 unspecified atom stereocenters. The number of amides is 1. The lowest BCUT2D eigenvalue weighted by molar-refractivity contribution is 0.0935. The van der Waals surface area contributed by atoms with Gasteiger partial charge in [-0.2, -0.15) is 5.10 Å². The van der Waals surface area contributed by atoms with E-state index in [4.69, 9.17) is 0 Å². The SMILES string of the molecule is CCCc1cc(C(=O)NC(C)c2ccc(Br)cc2)n[nH]1. The molecule has 0 radical (unpaired) electrons. The molecule has 5 heteroatoms. The number of nitrogens with zero attached hydrogens (tertiary/aromatic N) is 1. The van der Waals surface area contributed by atoms with E-state index in [2.05, 4.69) is 38.4 Å². The summed E-state index contributed by atoms with van der Waals surface area (Å²) in [5, 5.41) is 9.89. The van der Waals surface area contributed by atoms with E-state index in [9.17, 15) is 4.79 Å². The van der Waals surface area contributed by atoms with Crippen molar-refractivity contribution in [3.63, 3.8) is 0 Å². The van der Waals surface area contributed by atoms with E-state index in [1.54, 1.807) is 0 Å². The fraction of sp³-hybridized carbons (Fsp3) is 0.333. The van der Waals surface area contributed by atoms with Crippen LogP contribution in [0.2, 0.25) is 0 Å². The van der Waals surface area contributed by atoms with Crippen LogP contribution >= 0.6 is 15.9 Å². The Morgan fingerprint density at radius 1 is 1.40 bits per heavy atom. The molecule has 0 aliphatic carbocycles. The summed E-state index contributed by atoms with van der Waals surface area (Å²) in [6.45, 7) is 4.05. The van der Waals surface area contributed by atoms with Gasteiger partial charge in [-0.3, -0.25) is 9.89 Å². The molecule has 1 heterocycles. The molecule has 1 aromatic heterocycles. The zero-order valence-electron chi connectivity index (χ0n) is 11.6. The number of carbonyl (C=O) groups excluding carboxylic acids is 1. The molecule has 0 saturated carbocycles. The Hall–Kier alpha value is -1.62. The van der Waals surface area contributed by atoms with Crippen molar-refractivity contribution in [3.8, 4) is 0 Å². The van der Waals surface area contributed by atoms with E-state index in [0.29, 0.717) is 5.69 Å². The first-order chi connectivity index (χ1) is 9.60. The van der Waals surface area contributed by atoms with Crippen LogP contribution in [0.1, 0.15) is 48.1 Å². The summed E-state index contributed by atoms with van der Waals surface area (Å²) >= 11 is 3.40. The zero-order chi connectivity index (χ0) is 14.5. The molecule has 0 fully saturated rings. The summed E-state index contributed by atoms with van der Waals surface area (Å²) in [5.74, 6) is -0.154. The van der Waals surface area contributed by atoms with E-state index in [1.165, 1.54) is 0 Å². The van der Waals surface area contributed by atoms with Crippen molar-refractivity contribution >= 4 is 21.8 Å². The van der Waals surface area contributed by atoms with Gasteiger partial charge in [0, 0.05) is 10.2 Å². The molecule has 2 N–H and O–H groups in total. The average Bonchev–Trinajstić information content (AvgIpc) is 2.88. The Morgan fingerprint density at radius 2 is 2.10 bits per heavy atom. The van der Waals surface area contributed by atoms with Crippen molar-refractivity contribution in [2.24, 2.45) is 0 Å². The lowest BCUT2D eigenvalue weighted by Crippen LogP contribution is -2.26. The Bertz CT molecular complexity index is 577. The summed E-state index contributed by atoms with van der Waals surface area (Å²) < 4.78 is 1.02. The van der Waals surface area contributed by atoms with Crippen LogP contribution in [0.25, 0.3) is 0 Å². The van der Waals surface area contributed by atoms with Gasteiger partial charge in [0.25, 0.3) is 5.91 Å². The molecule has 1 aromatic carbocycles. The maximum atomic E-state index is 12.1. The van der Waals surface area contributed by atoms with E-state index in [-0.39, 0.29) is 11.9 Å². The summed E-state index contributed by atoms with van der Waals surface area (Å²) in [6.07, 6.45) is 1.93. The van der Waals surface area contributed by atoms with Crippen molar-refractivity contribution in [3.05, 3.63) is 51.8 Å².